The first-order valence-corrected chi connectivity index (χ1v) is 6.75. The van der Waals surface area contributed by atoms with Crippen molar-refractivity contribution >= 4 is 23.1 Å². The van der Waals surface area contributed by atoms with Gasteiger partial charge in [0.2, 0.25) is 0 Å². The van der Waals surface area contributed by atoms with E-state index in [1.807, 2.05) is 0 Å². The standard InChI is InChI=1S/C17H12FNO4/c1-23-13-5-3-2-4-12(13)19-16(21)14(15(20)17(19)22)10-6-8-11(18)9-7-10/h2-9,20H,1H3. The quantitative estimate of drug-likeness (QED) is 0.885. The summed E-state index contributed by atoms with van der Waals surface area (Å²) in [6.07, 6.45) is 0. The molecule has 0 bridgehead atoms. The second-order valence-corrected chi connectivity index (χ2v) is 4.85. The monoisotopic (exact) mass is 313 g/mol. The maximum Gasteiger partial charge on any atom is 0.301 e. The van der Waals surface area contributed by atoms with E-state index >= 15 is 0 Å². The van der Waals surface area contributed by atoms with Gasteiger partial charge in [0, 0.05) is 0 Å². The van der Waals surface area contributed by atoms with Gasteiger partial charge in [0.15, 0.2) is 5.76 Å². The molecular formula is C17H12FNO4. The van der Waals surface area contributed by atoms with Gasteiger partial charge >= 0.3 is 5.91 Å². The first kappa shape index (κ1) is 14.8. The van der Waals surface area contributed by atoms with E-state index in [4.69, 9.17) is 4.74 Å². The van der Waals surface area contributed by atoms with E-state index in [1.165, 1.54) is 25.3 Å². The Bertz CT molecular complexity index is 827. The lowest BCUT2D eigenvalue weighted by atomic mass is 10.1. The highest BCUT2D eigenvalue weighted by Gasteiger charge is 2.41. The number of nitrogens with zero attached hydrogens (tertiary/aromatic N) is 1. The van der Waals surface area contributed by atoms with Gasteiger partial charge in [-0.15, -0.1) is 0 Å². The first-order chi connectivity index (χ1) is 11.0. The third kappa shape index (κ3) is 2.34. The molecule has 23 heavy (non-hydrogen) atoms. The number of hydrogen-bond donors (Lipinski definition) is 1. The summed E-state index contributed by atoms with van der Waals surface area (Å²) in [7, 11) is 1.41. The molecule has 1 aliphatic heterocycles. The van der Waals surface area contributed by atoms with Crippen molar-refractivity contribution in [3.8, 4) is 5.75 Å². The van der Waals surface area contributed by atoms with E-state index in [-0.39, 0.29) is 16.8 Å². The number of para-hydroxylation sites is 2. The molecule has 0 radical (unpaired) electrons. The Labute approximate surface area is 131 Å². The van der Waals surface area contributed by atoms with Crippen LogP contribution in [0.4, 0.5) is 10.1 Å². The molecule has 3 rings (SSSR count). The molecule has 5 nitrogen and oxygen atoms in total. The van der Waals surface area contributed by atoms with E-state index in [9.17, 15) is 19.1 Å². The van der Waals surface area contributed by atoms with Gasteiger partial charge in [0.05, 0.1) is 18.4 Å². The van der Waals surface area contributed by atoms with E-state index in [1.54, 1.807) is 18.2 Å². The minimum absolute atomic E-state index is 0.166. The van der Waals surface area contributed by atoms with Crippen molar-refractivity contribution in [1.29, 1.82) is 0 Å². The van der Waals surface area contributed by atoms with Gasteiger partial charge in [-0.05, 0) is 29.8 Å². The lowest BCUT2D eigenvalue weighted by Gasteiger charge is -2.17. The zero-order valence-electron chi connectivity index (χ0n) is 12.1. The van der Waals surface area contributed by atoms with Crippen molar-refractivity contribution in [2.45, 2.75) is 0 Å². The fourth-order valence-electron chi connectivity index (χ4n) is 2.43. The zero-order chi connectivity index (χ0) is 16.6. The largest absolute Gasteiger partial charge is 0.502 e. The Morgan fingerprint density at radius 1 is 1.00 bits per heavy atom. The fourth-order valence-corrected chi connectivity index (χ4v) is 2.43. The van der Waals surface area contributed by atoms with Crippen LogP contribution >= 0.6 is 0 Å². The predicted molar refractivity (Wildman–Crippen MR) is 81.4 cm³/mol. The van der Waals surface area contributed by atoms with Crippen molar-refractivity contribution in [2.75, 3.05) is 12.0 Å². The number of amides is 2. The third-order valence-electron chi connectivity index (χ3n) is 3.52. The number of carbonyl (C=O) groups is 2. The van der Waals surface area contributed by atoms with Crippen molar-refractivity contribution in [1.82, 2.24) is 0 Å². The highest BCUT2D eigenvalue weighted by molar-refractivity contribution is 6.45. The number of aliphatic hydroxyl groups is 1. The van der Waals surface area contributed by atoms with E-state index in [0.717, 1.165) is 17.0 Å². The van der Waals surface area contributed by atoms with E-state index < -0.39 is 23.4 Å². The Morgan fingerprint density at radius 2 is 1.65 bits per heavy atom. The van der Waals surface area contributed by atoms with E-state index in [2.05, 4.69) is 0 Å². The van der Waals surface area contributed by atoms with Crippen molar-refractivity contribution in [2.24, 2.45) is 0 Å². The molecule has 1 heterocycles. The highest BCUT2D eigenvalue weighted by Crippen LogP contribution is 2.36. The van der Waals surface area contributed by atoms with Crippen LogP contribution in [0.1, 0.15) is 5.56 Å². The molecule has 6 heteroatoms. The predicted octanol–water partition coefficient (Wildman–Crippen LogP) is 2.68. The van der Waals surface area contributed by atoms with Crippen LogP contribution < -0.4 is 9.64 Å². The molecule has 0 spiro atoms. The first-order valence-electron chi connectivity index (χ1n) is 6.75. The Kier molecular flexibility index (Phi) is 3.57. The minimum atomic E-state index is -0.848. The van der Waals surface area contributed by atoms with Crippen LogP contribution in [0.2, 0.25) is 0 Å². The number of anilines is 1. The topological polar surface area (TPSA) is 66.8 Å². The Balaban J connectivity index is 2.07. The highest BCUT2D eigenvalue weighted by atomic mass is 19.1. The third-order valence-corrected chi connectivity index (χ3v) is 3.52. The summed E-state index contributed by atoms with van der Waals surface area (Å²) in [6.45, 7) is 0. The summed E-state index contributed by atoms with van der Waals surface area (Å²) in [5, 5.41) is 10.1. The second kappa shape index (κ2) is 5.57. The summed E-state index contributed by atoms with van der Waals surface area (Å²) in [4.78, 5) is 25.8. The molecule has 2 aromatic carbocycles. The number of hydrogen-bond acceptors (Lipinski definition) is 4. The summed E-state index contributed by atoms with van der Waals surface area (Å²) in [5.41, 5.74) is 0.328. The summed E-state index contributed by atoms with van der Waals surface area (Å²) in [6, 6.07) is 11.4. The average molecular weight is 313 g/mol. The molecule has 1 aliphatic rings. The molecule has 0 saturated heterocycles. The number of ether oxygens (including phenoxy) is 1. The van der Waals surface area contributed by atoms with E-state index in [0.29, 0.717) is 5.75 Å². The molecule has 2 aromatic rings. The maximum atomic E-state index is 13.0. The second-order valence-electron chi connectivity index (χ2n) is 4.85. The normalized spacial score (nSPS) is 14.6. The van der Waals surface area contributed by atoms with Gasteiger partial charge < -0.3 is 9.84 Å². The number of carbonyl (C=O) groups excluding carboxylic acids is 2. The molecule has 0 saturated carbocycles. The van der Waals surface area contributed by atoms with Crippen LogP contribution in [0.5, 0.6) is 5.75 Å². The van der Waals surface area contributed by atoms with Gasteiger partial charge in [-0.2, -0.15) is 0 Å². The molecule has 1 N–H and O–H groups in total. The van der Waals surface area contributed by atoms with Crippen LogP contribution in [0, 0.1) is 5.82 Å². The Hall–Kier alpha value is -3.15. The van der Waals surface area contributed by atoms with Crippen molar-refractivity contribution < 1.29 is 23.8 Å². The molecule has 0 fully saturated rings. The van der Waals surface area contributed by atoms with Crippen LogP contribution in [0.25, 0.3) is 5.57 Å². The van der Waals surface area contributed by atoms with Crippen LogP contribution in [-0.4, -0.2) is 24.0 Å². The van der Waals surface area contributed by atoms with Gasteiger partial charge in [0.1, 0.15) is 11.6 Å². The minimum Gasteiger partial charge on any atom is -0.502 e. The van der Waals surface area contributed by atoms with Gasteiger partial charge in [0.25, 0.3) is 5.91 Å². The number of methoxy groups -OCH3 is 1. The summed E-state index contributed by atoms with van der Waals surface area (Å²) >= 11 is 0. The fraction of sp³-hybridized carbons (Fsp3) is 0.0588. The van der Waals surface area contributed by atoms with Crippen LogP contribution in [-0.2, 0) is 9.59 Å². The molecule has 116 valence electrons. The smallest absolute Gasteiger partial charge is 0.301 e. The molecule has 0 aromatic heterocycles. The molecule has 0 aliphatic carbocycles. The molecular weight excluding hydrogens is 301 g/mol. The average Bonchev–Trinajstić information content (AvgIpc) is 2.78. The van der Waals surface area contributed by atoms with Crippen molar-refractivity contribution in [3.05, 3.63) is 65.7 Å². The maximum absolute atomic E-state index is 13.0. The summed E-state index contributed by atoms with van der Waals surface area (Å²) in [5.74, 6) is -2.37. The lowest BCUT2D eigenvalue weighted by molar-refractivity contribution is -0.121. The molecule has 2 amide bonds. The zero-order valence-corrected chi connectivity index (χ0v) is 12.1. The van der Waals surface area contributed by atoms with Crippen LogP contribution in [0.3, 0.4) is 0 Å². The number of halogens is 1. The Morgan fingerprint density at radius 3 is 2.30 bits per heavy atom. The van der Waals surface area contributed by atoms with Crippen molar-refractivity contribution in [3.63, 3.8) is 0 Å². The molecule has 0 atom stereocenters. The van der Waals surface area contributed by atoms with Gasteiger partial charge in [-0.25, -0.2) is 9.29 Å². The molecule has 0 unspecified atom stereocenters. The van der Waals surface area contributed by atoms with Crippen LogP contribution in [0.15, 0.2) is 54.3 Å². The lowest BCUT2D eigenvalue weighted by Crippen LogP contribution is -2.31. The number of imide groups is 1. The number of aliphatic hydroxyl groups excluding tert-OH is 1. The number of benzene rings is 2. The summed E-state index contributed by atoms with van der Waals surface area (Å²) < 4.78 is 18.2. The van der Waals surface area contributed by atoms with Gasteiger partial charge in [-0.1, -0.05) is 24.3 Å². The number of rotatable bonds is 3. The van der Waals surface area contributed by atoms with Gasteiger partial charge in [-0.3, -0.25) is 9.59 Å². The SMILES string of the molecule is COc1ccccc1N1C(=O)C(O)=C(c2ccc(F)cc2)C1=O.